The summed E-state index contributed by atoms with van der Waals surface area (Å²) >= 11 is 0. The molecule has 0 bridgehead atoms. The molecular formula is C22H21F3N4O2. The van der Waals surface area contributed by atoms with E-state index in [1.54, 1.807) is 30.3 Å². The zero-order valence-corrected chi connectivity index (χ0v) is 16.6. The van der Waals surface area contributed by atoms with Gasteiger partial charge in [0, 0.05) is 19.8 Å². The molecule has 1 saturated heterocycles. The highest BCUT2D eigenvalue weighted by Gasteiger charge is 2.57. The Bertz CT molecular complexity index is 995. The van der Waals surface area contributed by atoms with Gasteiger partial charge in [0.15, 0.2) is 0 Å². The molecule has 2 amide bonds. The minimum Gasteiger partial charge on any atom is -0.369 e. The quantitative estimate of drug-likeness (QED) is 0.732. The van der Waals surface area contributed by atoms with Crippen LogP contribution in [0.3, 0.4) is 0 Å². The maximum absolute atomic E-state index is 13.8. The molecule has 3 atom stereocenters. The first-order valence-corrected chi connectivity index (χ1v) is 9.74. The summed E-state index contributed by atoms with van der Waals surface area (Å²) in [7, 11) is 1.54. The fourth-order valence-corrected chi connectivity index (χ4v) is 3.99. The minimum absolute atomic E-state index is 0.225. The molecule has 0 aromatic heterocycles. The number of nitrogens with one attached hydrogen (secondary N) is 2. The minimum atomic E-state index is -4.59. The fraction of sp³-hybridized carbons (Fsp3) is 0.273. The first-order valence-electron chi connectivity index (χ1n) is 9.74. The largest absolute Gasteiger partial charge is 0.406 e. The maximum Gasteiger partial charge on any atom is 0.406 e. The third-order valence-corrected chi connectivity index (χ3v) is 5.48. The van der Waals surface area contributed by atoms with Crippen LogP contribution in [0, 0.1) is 0 Å². The SMILES string of the molecule is CN(Cc1ccccc1)C(=O)C1=CNC2C(c3ccccc3)C(C(F)(F)F)NN2C1=O. The third kappa shape index (κ3) is 4.00. The van der Waals surface area contributed by atoms with Gasteiger partial charge in [0.05, 0.1) is 5.92 Å². The van der Waals surface area contributed by atoms with Crippen molar-refractivity contribution in [2.24, 2.45) is 0 Å². The second-order valence-electron chi connectivity index (χ2n) is 7.58. The fourth-order valence-electron chi connectivity index (χ4n) is 3.99. The van der Waals surface area contributed by atoms with Gasteiger partial charge >= 0.3 is 6.18 Å². The molecule has 1 fully saturated rings. The van der Waals surface area contributed by atoms with Crippen LogP contribution >= 0.6 is 0 Å². The topological polar surface area (TPSA) is 64.7 Å². The molecule has 9 heteroatoms. The van der Waals surface area contributed by atoms with Crippen LogP contribution in [0.25, 0.3) is 0 Å². The number of nitrogens with zero attached hydrogens (tertiary/aromatic N) is 2. The number of carbonyl (C=O) groups excluding carboxylic acids is 2. The number of likely N-dealkylation sites (N-methyl/N-ethyl adjacent to an activating group) is 1. The van der Waals surface area contributed by atoms with Crippen LogP contribution in [0.2, 0.25) is 0 Å². The van der Waals surface area contributed by atoms with Gasteiger partial charge < -0.3 is 10.2 Å². The van der Waals surface area contributed by atoms with Gasteiger partial charge in [-0.25, -0.2) is 10.4 Å². The van der Waals surface area contributed by atoms with Gasteiger partial charge in [0.2, 0.25) is 0 Å². The van der Waals surface area contributed by atoms with Gasteiger partial charge in [-0.3, -0.25) is 9.59 Å². The third-order valence-electron chi connectivity index (χ3n) is 5.48. The Morgan fingerprint density at radius 3 is 2.29 bits per heavy atom. The molecule has 2 aromatic rings. The van der Waals surface area contributed by atoms with E-state index in [1.807, 2.05) is 30.3 Å². The number of hydrogen-bond acceptors (Lipinski definition) is 4. The summed E-state index contributed by atoms with van der Waals surface area (Å²) in [6.07, 6.45) is -4.34. The predicted molar refractivity (Wildman–Crippen MR) is 107 cm³/mol. The van der Waals surface area contributed by atoms with Gasteiger partial charge in [0.1, 0.15) is 17.8 Å². The number of benzene rings is 2. The average Bonchev–Trinajstić information content (AvgIpc) is 3.16. The molecule has 162 valence electrons. The smallest absolute Gasteiger partial charge is 0.369 e. The molecule has 6 nitrogen and oxygen atoms in total. The Hall–Kier alpha value is -3.33. The lowest BCUT2D eigenvalue weighted by atomic mass is 9.89. The van der Waals surface area contributed by atoms with Crippen LogP contribution in [0.15, 0.2) is 72.4 Å². The van der Waals surface area contributed by atoms with Gasteiger partial charge in [-0.2, -0.15) is 13.2 Å². The summed E-state index contributed by atoms with van der Waals surface area (Å²) < 4.78 is 41.3. The zero-order chi connectivity index (χ0) is 22.2. The molecule has 0 spiro atoms. The second-order valence-corrected chi connectivity index (χ2v) is 7.58. The number of hydrogen-bond donors (Lipinski definition) is 2. The molecule has 2 heterocycles. The molecule has 2 aliphatic heterocycles. The van der Waals surface area contributed by atoms with E-state index in [-0.39, 0.29) is 12.1 Å². The van der Waals surface area contributed by atoms with Crippen LogP contribution in [-0.4, -0.2) is 47.2 Å². The van der Waals surface area contributed by atoms with Crippen LogP contribution in [0.1, 0.15) is 17.0 Å². The van der Waals surface area contributed by atoms with Gasteiger partial charge in [-0.05, 0) is 11.1 Å². The molecule has 0 aliphatic carbocycles. The molecule has 0 radical (unpaired) electrons. The van der Waals surface area contributed by atoms with E-state index in [2.05, 4.69) is 10.7 Å². The standard InChI is InChI=1S/C22H21F3N4O2/c1-28(13-14-8-4-2-5-9-14)20(30)16-12-26-19-17(15-10-6-3-7-11-15)18(22(23,24)25)27-29(19)21(16)31/h2-12,17-19,26-27H,13H2,1H3. The van der Waals surface area contributed by atoms with E-state index in [4.69, 9.17) is 0 Å². The van der Waals surface area contributed by atoms with Crippen molar-refractivity contribution in [1.82, 2.24) is 20.7 Å². The van der Waals surface area contributed by atoms with E-state index in [1.165, 1.54) is 18.1 Å². The second kappa shape index (κ2) is 8.07. The molecule has 2 N–H and O–H groups in total. The Morgan fingerprint density at radius 1 is 1.06 bits per heavy atom. The van der Waals surface area contributed by atoms with Crippen LogP contribution in [0.5, 0.6) is 0 Å². The molecule has 4 rings (SSSR count). The lowest BCUT2D eigenvalue weighted by Gasteiger charge is -2.32. The van der Waals surface area contributed by atoms with Crippen molar-refractivity contribution in [3.8, 4) is 0 Å². The molecule has 0 saturated carbocycles. The number of rotatable bonds is 4. The number of hydrazine groups is 1. The van der Waals surface area contributed by atoms with E-state index in [0.29, 0.717) is 5.56 Å². The highest BCUT2D eigenvalue weighted by atomic mass is 19.4. The number of alkyl halides is 3. The molecular weight excluding hydrogens is 409 g/mol. The number of carbonyl (C=O) groups is 2. The van der Waals surface area contributed by atoms with Gasteiger partial charge in [-0.1, -0.05) is 60.7 Å². The number of halogens is 3. The maximum atomic E-state index is 13.8. The summed E-state index contributed by atoms with van der Waals surface area (Å²) in [5.74, 6) is -2.44. The van der Waals surface area contributed by atoms with Crippen molar-refractivity contribution in [3.63, 3.8) is 0 Å². The first kappa shape index (κ1) is 20.9. The van der Waals surface area contributed by atoms with Crippen molar-refractivity contribution in [2.45, 2.75) is 30.8 Å². The molecule has 2 aliphatic rings. The van der Waals surface area contributed by atoms with Crippen molar-refractivity contribution in [2.75, 3.05) is 7.05 Å². The summed E-state index contributed by atoms with van der Waals surface area (Å²) in [5.41, 5.74) is 3.37. The van der Waals surface area contributed by atoms with Crippen molar-refractivity contribution in [3.05, 3.63) is 83.6 Å². The monoisotopic (exact) mass is 430 g/mol. The van der Waals surface area contributed by atoms with Crippen molar-refractivity contribution < 1.29 is 22.8 Å². The zero-order valence-electron chi connectivity index (χ0n) is 16.6. The lowest BCUT2D eigenvalue weighted by molar-refractivity contribution is -0.161. The number of fused-ring (bicyclic) bond motifs is 1. The van der Waals surface area contributed by atoms with Gasteiger partial charge in [0.25, 0.3) is 11.8 Å². The average molecular weight is 430 g/mol. The van der Waals surface area contributed by atoms with E-state index < -0.39 is 36.1 Å². The predicted octanol–water partition coefficient (Wildman–Crippen LogP) is 2.52. The Labute approximate surface area is 177 Å². The number of amides is 2. The van der Waals surface area contributed by atoms with Crippen molar-refractivity contribution in [1.29, 1.82) is 0 Å². The van der Waals surface area contributed by atoms with E-state index in [0.717, 1.165) is 10.6 Å². The summed E-state index contributed by atoms with van der Waals surface area (Å²) in [6.45, 7) is 0.263. The van der Waals surface area contributed by atoms with Crippen molar-refractivity contribution >= 4 is 11.8 Å². The first-order chi connectivity index (χ1) is 14.8. The highest BCUT2D eigenvalue weighted by molar-refractivity contribution is 6.18. The summed E-state index contributed by atoms with van der Waals surface area (Å²) in [5, 5.41) is 3.73. The highest BCUT2D eigenvalue weighted by Crippen LogP contribution is 2.40. The van der Waals surface area contributed by atoms with E-state index in [9.17, 15) is 22.8 Å². The van der Waals surface area contributed by atoms with Crippen LogP contribution in [-0.2, 0) is 16.1 Å². The van der Waals surface area contributed by atoms with E-state index >= 15 is 0 Å². The normalized spacial score (nSPS) is 23.1. The summed E-state index contributed by atoms with van der Waals surface area (Å²) in [6, 6.07) is 15.4. The molecule has 2 aromatic carbocycles. The lowest BCUT2D eigenvalue weighted by Crippen LogP contribution is -2.55. The molecule has 3 unspecified atom stereocenters. The Morgan fingerprint density at radius 2 is 1.68 bits per heavy atom. The molecule has 31 heavy (non-hydrogen) atoms. The Balaban J connectivity index is 1.58. The van der Waals surface area contributed by atoms with Crippen LogP contribution in [0.4, 0.5) is 13.2 Å². The van der Waals surface area contributed by atoms with Gasteiger partial charge in [-0.15, -0.1) is 0 Å². The van der Waals surface area contributed by atoms with Crippen LogP contribution < -0.4 is 10.7 Å². The summed E-state index contributed by atoms with van der Waals surface area (Å²) in [4.78, 5) is 27.2. The Kier molecular flexibility index (Phi) is 5.45.